The van der Waals surface area contributed by atoms with E-state index in [0.717, 1.165) is 24.4 Å². The van der Waals surface area contributed by atoms with E-state index in [4.69, 9.17) is 11.6 Å². The highest BCUT2D eigenvalue weighted by molar-refractivity contribution is 7.91. The highest BCUT2D eigenvalue weighted by Crippen LogP contribution is 2.28. The molecule has 1 aromatic rings. The SMILES string of the molecule is O=C(C[NH+]1CCCCC1)N1CCN(S(=O)(=O)c2ccc(Cl)s2)CC1. The van der Waals surface area contributed by atoms with E-state index < -0.39 is 10.0 Å². The van der Waals surface area contributed by atoms with Gasteiger partial charge in [-0.2, -0.15) is 4.31 Å². The van der Waals surface area contributed by atoms with Gasteiger partial charge in [0.1, 0.15) is 4.21 Å². The van der Waals surface area contributed by atoms with Gasteiger partial charge in [0.2, 0.25) is 0 Å². The molecular weight excluding hydrogens is 370 g/mol. The first-order chi connectivity index (χ1) is 11.5. The fraction of sp³-hybridized carbons (Fsp3) is 0.667. The van der Waals surface area contributed by atoms with Gasteiger partial charge in [0.25, 0.3) is 15.9 Å². The normalized spacial score (nSPS) is 21.1. The summed E-state index contributed by atoms with van der Waals surface area (Å²) in [7, 11) is -3.49. The lowest BCUT2D eigenvalue weighted by Crippen LogP contribution is -3.13. The topological polar surface area (TPSA) is 62.1 Å². The molecule has 3 rings (SSSR count). The van der Waals surface area contributed by atoms with E-state index in [1.807, 2.05) is 0 Å². The number of nitrogens with zero attached hydrogens (tertiary/aromatic N) is 2. The van der Waals surface area contributed by atoms with Gasteiger partial charge in [-0.1, -0.05) is 11.6 Å². The highest BCUT2D eigenvalue weighted by atomic mass is 35.5. The molecule has 0 atom stereocenters. The average Bonchev–Trinajstić information content (AvgIpc) is 3.03. The number of piperazine rings is 1. The van der Waals surface area contributed by atoms with Gasteiger partial charge >= 0.3 is 0 Å². The smallest absolute Gasteiger partial charge is 0.277 e. The number of nitrogens with one attached hydrogen (secondary N) is 1. The van der Waals surface area contributed by atoms with Crippen molar-refractivity contribution < 1.29 is 18.1 Å². The zero-order chi connectivity index (χ0) is 17.2. The van der Waals surface area contributed by atoms with Gasteiger partial charge in [0.15, 0.2) is 6.54 Å². The predicted molar refractivity (Wildman–Crippen MR) is 94.1 cm³/mol. The van der Waals surface area contributed by atoms with Crippen molar-refractivity contribution in [1.82, 2.24) is 9.21 Å². The van der Waals surface area contributed by atoms with Crippen molar-refractivity contribution in [2.75, 3.05) is 45.8 Å². The van der Waals surface area contributed by atoms with E-state index in [9.17, 15) is 13.2 Å². The fourth-order valence-electron chi connectivity index (χ4n) is 3.30. The lowest BCUT2D eigenvalue weighted by molar-refractivity contribution is -0.897. The first-order valence-corrected chi connectivity index (χ1v) is 11.0. The van der Waals surface area contributed by atoms with E-state index in [1.54, 1.807) is 17.0 Å². The van der Waals surface area contributed by atoms with Crippen molar-refractivity contribution in [3.05, 3.63) is 16.5 Å². The minimum absolute atomic E-state index is 0.142. The average molecular weight is 393 g/mol. The summed E-state index contributed by atoms with van der Waals surface area (Å²) in [6, 6.07) is 3.14. The Bertz CT molecular complexity index is 678. The number of carbonyl (C=O) groups excluding carboxylic acids is 1. The molecular formula is C15H23ClN3O3S2+. The second kappa shape index (κ2) is 7.70. The number of quaternary nitrogens is 1. The van der Waals surface area contributed by atoms with E-state index in [2.05, 4.69) is 0 Å². The summed E-state index contributed by atoms with van der Waals surface area (Å²) in [5, 5.41) is 0. The number of amides is 1. The summed E-state index contributed by atoms with van der Waals surface area (Å²) in [6.45, 7) is 4.29. The lowest BCUT2D eigenvalue weighted by atomic mass is 10.1. The monoisotopic (exact) mass is 392 g/mol. The number of hydrogen-bond donors (Lipinski definition) is 1. The number of piperidine rings is 1. The molecule has 24 heavy (non-hydrogen) atoms. The molecule has 2 aliphatic heterocycles. The van der Waals surface area contributed by atoms with Crippen LogP contribution in [-0.4, -0.2) is 69.3 Å². The zero-order valence-electron chi connectivity index (χ0n) is 13.5. The van der Waals surface area contributed by atoms with Gasteiger partial charge in [-0.15, -0.1) is 11.3 Å². The lowest BCUT2D eigenvalue weighted by Gasteiger charge is -2.34. The van der Waals surface area contributed by atoms with E-state index in [1.165, 1.54) is 28.5 Å². The number of sulfonamides is 1. The molecule has 1 amide bonds. The van der Waals surface area contributed by atoms with Crippen molar-refractivity contribution in [3.63, 3.8) is 0 Å². The molecule has 0 aliphatic carbocycles. The molecule has 2 aliphatic rings. The van der Waals surface area contributed by atoms with Crippen LogP contribution in [0.25, 0.3) is 0 Å². The van der Waals surface area contributed by atoms with Crippen LogP contribution in [0.5, 0.6) is 0 Å². The zero-order valence-corrected chi connectivity index (χ0v) is 15.9. The third-order valence-corrected chi connectivity index (χ3v) is 8.29. The molecule has 134 valence electrons. The maximum Gasteiger partial charge on any atom is 0.277 e. The van der Waals surface area contributed by atoms with Crippen molar-refractivity contribution in [2.24, 2.45) is 0 Å². The minimum atomic E-state index is -3.49. The highest BCUT2D eigenvalue weighted by Gasteiger charge is 2.32. The number of halogens is 1. The molecule has 1 N–H and O–H groups in total. The number of rotatable bonds is 4. The molecule has 2 saturated heterocycles. The molecule has 0 bridgehead atoms. The van der Waals surface area contributed by atoms with Crippen LogP contribution in [-0.2, 0) is 14.8 Å². The summed E-state index contributed by atoms with van der Waals surface area (Å²) in [5.41, 5.74) is 0. The maximum atomic E-state index is 12.6. The van der Waals surface area contributed by atoms with E-state index in [-0.39, 0.29) is 10.1 Å². The Morgan fingerprint density at radius 1 is 1.12 bits per heavy atom. The molecule has 2 fully saturated rings. The van der Waals surface area contributed by atoms with Gasteiger partial charge in [0.05, 0.1) is 17.4 Å². The van der Waals surface area contributed by atoms with Crippen LogP contribution in [0.3, 0.4) is 0 Å². The quantitative estimate of drug-likeness (QED) is 0.801. The molecule has 0 saturated carbocycles. The van der Waals surface area contributed by atoms with Gasteiger partial charge in [0, 0.05) is 26.2 Å². The Balaban J connectivity index is 1.54. The standard InChI is InChI=1S/C15H22ClN3O3S2/c16-13-4-5-15(23-13)24(21,22)19-10-8-18(9-11-19)14(20)12-17-6-2-1-3-7-17/h4-5H,1-3,6-12H2/p+1. The second-order valence-corrected chi connectivity index (χ2v) is 10.2. The summed E-state index contributed by atoms with van der Waals surface area (Å²) in [6.07, 6.45) is 3.65. The Kier molecular flexibility index (Phi) is 5.82. The molecule has 1 aromatic heterocycles. The van der Waals surface area contributed by atoms with Crippen LogP contribution < -0.4 is 4.90 Å². The van der Waals surface area contributed by atoms with Gasteiger partial charge in [-0.05, 0) is 31.4 Å². The molecule has 0 unspecified atom stereocenters. The number of likely N-dealkylation sites (tertiary alicyclic amines) is 1. The van der Waals surface area contributed by atoms with Crippen molar-refractivity contribution in [1.29, 1.82) is 0 Å². The Morgan fingerprint density at radius 3 is 2.38 bits per heavy atom. The Labute approximate surface area is 152 Å². The molecule has 6 nitrogen and oxygen atoms in total. The van der Waals surface area contributed by atoms with Crippen LogP contribution in [0.1, 0.15) is 19.3 Å². The van der Waals surface area contributed by atoms with Crippen molar-refractivity contribution in [3.8, 4) is 0 Å². The number of carbonyl (C=O) groups is 1. The fourth-order valence-corrected chi connectivity index (χ4v) is 6.35. The Hall–Kier alpha value is -0.670. The first kappa shape index (κ1) is 18.1. The molecule has 9 heteroatoms. The first-order valence-electron chi connectivity index (χ1n) is 8.33. The van der Waals surface area contributed by atoms with E-state index in [0.29, 0.717) is 37.1 Å². The van der Waals surface area contributed by atoms with Crippen LogP contribution >= 0.6 is 22.9 Å². The van der Waals surface area contributed by atoms with Crippen molar-refractivity contribution >= 4 is 38.9 Å². The predicted octanol–water partition coefficient (Wildman–Crippen LogP) is 0.303. The maximum absolute atomic E-state index is 12.6. The largest absolute Gasteiger partial charge is 0.335 e. The minimum Gasteiger partial charge on any atom is -0.335 e. The summed E-state index contributed by atoms with van der Waals surface area (Å²) in [4.78, 5) is 15.6. The third-order valence-electron chi connectivity index (χ3n) is 4.70. The van der Waals surface area contributed by atoms with Crippen molar-refractivity contribution in [2.45, 2.75) is 23.5 Å². The number of hydrogen-bond acceptors (Lipinski definition) is 4. The molecule has 3 heterocycles. The number of thiophene rings is 1. The van der Waals surface area contributed by atoms with E-state index >= 15 is 0 Å². The molecule has 0 radical (unpaired) electrons. The van der Waals surface area contributed by atoms with Crippen LogP contribution in [0.15, 0.2) is 16.3 Å². The molecule has 0 aromatic carbocycles. The third kappa shape index (κ3) is 4.11. The van der Waals surface area contributed by atoms with Crippen LogP contribution in [0, 0.1) is 0 Å². The van der Waals surface area contributed by atoms with Gasteiger partial charge in [-0.25, -0.2) is 8.42 Å². The Morgan fingerprint density at radius 2 is 1.79 bits per heavy atom. The molecule has 0 spiro atoms. The van der Waals surface area contributed by atoms with Gasteiger partial charge < -0.3 is 9.80 Å². The summed E-state index contributed by atoms with van der Waals surface area (Å²) < 4.78 is 27.3. The second-order valence-electron chi connectivity index (χ2n) is 6.33. The van der Waals surface area contributed by atoms with Crippen LogP contribution in [0.2, 0.25) is 4.34 Å². The summed E-state index contributed by atoms with van der Waals surface area (Å²) >= 11 is 6.91. The van der Waals surface area contributed by atoms with Gasteiger partial charge in [-0.3, -0.25) is 4.79 Å². The van der Waals surface area contributed by atoms with Crippen LogP contribution in [0.4, 0.5) is 0 Å². The summed E-state index contributed by atoms with van der Waals surface area (Å²) in [5.74, 6) is 0.142.